The second-order valence-electron chi connectivity index (χ2n) is 3.30. The van der Waals surface area contributed by atoms with Crippen molar-refractivity contribution in [3.63, 3.8) is 0 Å². The van der Waals surface area contributed by atoms with Crippen LogP contribution in [0.3, 0.4) is 0 Å². The van der Waals surface area contributed by atoms with Crippen molar-refractivity contribution in [1.29, 1.82) is 5.26 Å². The predicted octanol–water partition coefficient (Wildman–Crippen LogP) is 1.30. The van der Waals surface area contributed by atoms with Gasteiger partial charge in [-0.15, -0.1) is 0 Å². The maximum absolute atomic E-state index is 11.2. The summed E-state index contributed by atoms with van der Waals surface area (Å²) in [5, 5.41) is 11.5. The maximum atomic E-state index is 11.2. The van der Waals surface area contributed by atoms with Gasteiger partial charge in [-0.25, -0.2) is 0 Å². The van der Waals surface area contributed by atoms with E-state index < -0.39 is 0 Å². The smallest absolute Gasteiger partial charge is 0.227 e. The summed E-state index contributed by atoms with van der Waals surface area (Å²) in [6.45, 7) is 2.04. The number of allylic oxidation sites excluding steroid dienone is 1. The SMILES string of the molecule is CCCC1CC(=O)NC(OC)=C1C#N. The minimum Gasteiger partial charge on any atom is -0.482 e. The molecule has 0 fully saturated rings. The van der Waals surface area contributed by atoms with Crippen LogP contribution in [0.4, 0.5) is 0 Å². The highest BCUT2D eigenvalue weighted by Crippen LogP contribution is 2.26. The van der Waals surface area contributed by atoms with E-state index in [1.54, 1.807) is 0 Å². The second kappa shape index (κ2) is 4.66. The lowest BCUT2D eigenvalue weighted by molar-refractivity contribution is -0.122. The summed E-state index contributed by atoms with van der Waals surface area (Å²) in [7, 11) is 1.46. The van der Waals surface area contributed by atoms with E-state index in [2.05, 4.69) is 11.4 Å². The summed E-state index contributed by atoms with van der Waals surface area (Å²) in [6.07, 6.45) is 2.20. The fourth-order valence-electron chi connectivity index (χ4n) is 1.65. The predicted molar refractivity (Wildman–Crippen MR) is 50.8 cm³/mol. The third kappa shape index (κ3) is 2.05. The Hall–Kier alpha value is -1.50. The van der Waals surface area contributed by atoms with Gasteiger partial charge in [0.15, 0.2) is 0 Å². The van der Waals surface area contributed by atoms with Crippen LogP contribution in [-0.4, -0.2) is 13.0 Å². The Morgan fingerprint density at radius 2 is 2.43 bits per heavy atom. The molecular formula is C10H14N2O2. The van der Waals surface area contributed by atoms with E-state index in [-0.39, 0.29) is 11.8 Å². The zero-order valence-corrected chi connectivity index (χ0v) is 8.46. The number of hydrogen-bond donors (Lipinski definition) is 1. The van der Waals surface area contributed by atoms with Gasteiger partial charge in [0.25, 0.3) is 0 Å². The van der Waals surface area contributed by atoms with Crippen LogP contribution in [0.25, 0.3) is 0 Å². The first kappa shape index (κ1) is 10.6. The molecule has 1 aliphatic heterocycles. The van der Waals surface area contributed by atoms with Crippen molar-refractivity contribution < 1.29 is 9.53 Å². The molecule has 0 aromatic rings. The molecule has 0 bridgehead atoms. The number of amides is 1. The molecule has 14 heavy (non-hydrogen) atoms. The van der Waals surface area contributed by atoms with Gasteiger partial charge in [0.05, 0.1) is 12.7 Å². The Balaban J connectivity index is 2.94. The van der Waals surface area contributed by atoms with Crippen molar-refractivity contribution >= 4 is 5.91 Å². The molecule has 1 N–H and O–H groups in total. The van der Waals surface area contributed by atoms with Gasteiger partial charge in [-0.05, 0) is 6.42 Å². The number of methoxy groups -OCH3 is 1. The van der Waals surface area contributed by atoms with E-state index >= 15 is 0 Å². The Labute approximate surface area is 83.5 Å². The molecule has 1 rings (SSSR count). The number of nitriles is 1. The van der Waals surface area contributed by atoms with Crippen LogP contribution < -0.4 is 5.32 Å². The fourth-order valence-corrected chi connectivity index (χ4v) is 1.65. The molecule has 0 aromatic heterocycles. The molecule has 4 heteroatoms. The van der Waals surface area contributed by atoms with Crippen LogP contribution in [0.15, 0.2) is 11.5 Å². The van der Waals surface area contributed by atoms with E-state index in [1.807, 2.05) is 6.92 Å². The van der Waals surface area contributed by atoms with Crippen LogP contribution >= 0.6 is 0 Å². The zero-order valence-electron chi connectivity index (χ0n) is 8.46. The van der Waals surface area contributed by atoms with Crippen LogP contribution in [-0.2, 0) is 9.53 Å². The first-order valence-corrected chi connectivity index (χ1v) is 4.71. The van der Waals surface area contributed by atoms with Gasteiger partial charge in [0.1, 0.15) is 6.07 Å². The Morgan fingerprint density at radius 3 is 2.93 bits per heavy atom. The first-order chi connectivity index (χ1) is 6.72. The number of nitrogens with one attached hydrogen (secondary N) is 1. The monoisotopic (exact) mass is 194 g/mol. The Morgan fingerprint density at radius 1 is 1.71 bits per heavy atom. The van der Waals surface area contributed by atoms with E-state index in [0.717, 1.165) is 12.8 Å². The molecule has 1 aliphatic rings. The van der Waals surface area contributed by atoms with E-state index in [4.69, 9.17) is 10.00 Å². The highest BCUT2D eigenvalue weighted by atomic mass is 16.5. The van der Waals surface area contributed by atoms with Gasteiger partial charge >= 0.3 is 0 Å². The third-order valence-corrected chi connectivity index (χ3v) is 2.30. The van der Waals surface area contributed by atoms with E-state index in [9.17, 15) is 4.79 Å². The largest absolute Gasteiger partial charge is 0.482 e. The number of carbonyl (C=O) groups excluding carboxylic acids is 1. The third-order valence-electron chi connectivity index (χ3n) is 2.30. The topological polar surface area (TPSA) is 62.1 Å². The molecule has 0 spiro atoms. The summed E-state index contributed by atoms with van der Waals surface area (Å²) in [6, 6.07) is 2.10. The highest BCUT2D eigenvalue weighted by Gasteiger charge is 2.27. The average Bonchev–Trinajstić information content (AvgIpc) is 2.17. The van der Waals surface area contributed by atoms with Crippen LogP contribution in [0.1, 0.15) is 26.2 Å². The number of hydrogen-bond acceptors (Lipinski definition) is 3. The van der Waals surface area contributed by atoms with Crippen molar-refractivity contribution in [3.8, 4) is 6.07 Å². The van der Waals surface area contributed by atoms with Gasteiger partial charge in [-0.3, -0.25) is 10.1 Å². The van der Waals surface area contributed by atoms with E-state index in [0.29, 0.717) is 17.9 Å². The summed E-state index contributed by atoms with van der Waals surface area (Å²) in [5.41, 5.74) is 0.564. The normalized spacial score (nSPS) is 21.5. The fraction of sp³-hybridized carbons (Fsp3) is 0.600. The van der Waals surface area contributed by atoms with Crippen LogP contribution in [0, 0.1) is 17.2 Å². The molecule has 1 atom stereocenters. The lowest BCUT2D eigenvalue weighted by Crippen LogP contribution is -2.33. The Kier molecular flexibility index (Phi) is 3.52. The molecule has 1 unspecified atom stereocenters. The quantitative estimate of drug-likeness (QED) is 0.736. The lowest BCUT2D eigenvalue weighted by atomic mass is 9.89. The number of carbonyl (C=O) groups is 1. The minimum absolute atomic E-state index is 0.0219. The molecule has 0 radical (unpaired) electrons. The molecule has 1 amide bonds. The number of rotatable bonds is 3. The van der Waals surface area contributed by atoms with Crippen molar-refractivity contribution in [2.24, 2.45) is 5.92 Å². The van der Waals surface area contributed by atoms with Crippen molar-refractivity contribution in [2.75, 3.05) is 7.11 Å². The summed E-state index contributed by atoms with van der Waals surface area (Å²) in [4.78, 5) is 11.2. The van der Waals surface area contributed by atoms with Gasteiger partial charge in [-0.2, -0.15) is 5.26 Å². The summed E-state index contributed by atoms with van der Waals surface area (Å²) < 4.78 is 4.97. The molecule has 0 aliphatic carbocycles. The average molecular weight is 194 g/mol. The van der Waals surface area contributed by atoms with Gasteiger partial charge in [0, 0.05) is 12.3 Å². The molecule has 1 heterocycles. The molecule has 0 saturated heterocycles. The van der Waals surface area contributed by atoms with E-state index in [1.165, 1.54) is 7.11 Å². The molecule has 0 aromatic carbocycles. The van der Waals surface area contributed by atoms with Gasteiger partial charge in [0.2, 0.25) is 11.8 Å². The molecule has 76 valence electrons. The zero-order chi connectivity index (χ0) is 10.6. The molecule has 4 nitrogen and oxygen atoms in total. The van der Waals surface area contributed by atoms with Crippen LogP contribution in [0.5, 0.6) is 0 Å². The van der Waals surface area contributed by atoms with Crippen molar-refractivity contribution in [2.45, 2.75) is 26.2 Å². The summed E-state index contributed by atoms with van der Waals surface area (Å²) in [5.74, 6) is 0.273. The van der Waals surface area contributed by atoms with Gasteiger partial charge in [-0.1, -0.05) is 13.3 Å². The maximum Gasteiger partial charge on any atom is 0.227 e. The Bertz CT molecular complexity index is 302. The lowest BCUT2D eigenvalue weighted by Gasteiger charge is -2.23. The van der Waals surface area contributed by atoms with Crippen LogP contribution in [0.2, 0.25) is 0 Å². The first-order valence-electron chi connectivity index (χ1n) is 4.71. The number of ether oxygens (including phenoxy) is 1. The van der Waals surface area contributed by atoms with Crippen molar-refractivity contribution in [3.05, 3.63) is 11.5 Å². The molecular weight excluding hydrogens is 180 g/mol. The molecule has 0 saturated carbocycles. The minimum atomic E-state index is -0.0701. The standard InChI is InChI=1S/C10H14N2O2/c1-3-4-7-5-9(13)12-10(14-2)8(7)6-11/h7H,3-5H2,1-2H3,(H,12,13). The van der Waals surface area contributed by atoms with Crippen molar-refractivity contribution in [1.82, 2.24) is 5.32 Å². The highest BCUT2D eigenvalue weighted by molar-refractivity contribution is 5.80. The number of nitrogens with zero attached hydrogens (tertiary/aromatic N) is 1. The summed E-state index contributed by atoms with van der Waals surface area (Å²) >= 11 is 0. The van der Waals surface area contributed by atoms with Gasteiger partial charge < -0.3 is 4.74 Å². The second-order valence-corrected chi connectivity index (χ2v) is 3.30.